The van der Waals surface area contributed by atoms with Crippen molar-refractivity contribution in [2.75, 3.05) is 0 Å². The third-order valence-corrected chi connectivity index (χ3v) is 2.39. The number of carboxylic acids is 1. The van der Waals surface area contributed by atoms with Crippen LogP contribution in [0.3, 0.4) is 0 Å². The Balaban J connectivity index is 2.67. The van der Waals surface area contributed by atoms with Gasteiger partial charge >= 0.3 is 5.97 Å². The predicted molar refractivity (Wildman–Crippen MR) is 58.4 cm³/mol. The fourth-order valence-corrected chi connectivity index (χ4v) is 1.57. The van der Waals surface area contributed by atoms with Gasteiger partial charge in [-0.3, -0.25) is 14.6 Å². The summed E-state index contributed by atoms with van der Waals surface area (Å²) in [5.74, 6) is -1.74. The highest BCUT2D eigenvalue weighted by molar-refractivity contribution is 5.94. The van der Waals surface area contributed by atoms with Crippen LogP contribution in [-0.4, -0.2) is 20.9 Å². The fraction of sp³-hybridized carbons (Fsp3) is 0.0909. The van der Waals surface area contributed by atoms with E-state index in [0.717, 1.165) is 4.68 Å². The van der Waals surface area contributed by atoms with Gasteiger partial charge < -0.3 is 5.11 Å². The number of aromatic nitrogens is 2. The van der Waals surface area contributed by atoms with Crippen molar-refractivity contribution in [1.82, 2.24) is 9.78 Å². The highest BCUT2D eigenvalue weighted by Gasteiger charge is 2.20. The second-order valence-corrected chi connectivity index (χ2v) is 3.54. The number of aryl methyl sites for hydroxylation is 1. The number of nitrogens with zero attached hydrogens (tertiary/aromatic N) is 1. The Bertz CT molecular complexity index is 625. The van der Waals surface area contributed by atoms with Gasteiger partial charge in [-0.1, -0.05) is 0 Å². The molecule has 5 nitrogen and oxygen atoms in total. The number of hydrogen-bond donors (Lipinski definition) is 2. The number of H-pyrrole nitrogens is 1. The molecule has 1 heterocycles. The van der Waals surface area contributed by atoms with Crippen LogP contribution in [0.5, 0.6) is 0 Å². The maximum absolute atomic E-state index is 12.8. The summed E-state index contributed by atoms with van der Waals surface area (Å²) in [6.45, 7) is 0. The van der Waals surface area contributed by atoms with Gasteiger partial charge in [0.25, 0.3) is 5.56 Å². The van der Waals surface area contributed by atoms with Crippen LogP contribution in [0.15, 0.2) is 29.1 Å². The summed E-state index contributed by atoms with van der Waals surface area (Å²) in [5, 5.41) is 11.6. The minimum atomic E-state index is -1.31. The molecule has 1 aromatic carbocycles. The third-order valence-electron chi connectivity index (χ3n) is 2.39. The lowest BCUT2D eigenvalue weighted by Gasteiger charge is -1.99. The molecule has 6 heteroatoms. The van der Waals surface area contributed by atoms with E-state index < -0.39 is 17.3 Å². The zero-order valence-electron chi connectivity index (χ0n) is 8.90. The molecule has 0 saturated carbocycles. The molecule has 1 aromatic heterocycles. The van der Waals surface area contributed by atoms with E-state index in [0.29, 0.717) is 5.56 Å². The van der Waals surface area contributed by atoms with E-state index in [-0.39, 0.29) is 11.3 Å². The van der Waals surface area contributed by atoms with Crippen LogP contribution in [-0.2, 0) is 7.05 Å². The molecule has 17 heavy (non-hydrogen) atoms. The van der Waals surface area contributed by atoms with Gasteiger partial charge in [-0.15, -0.1) is 0 Å². The lowest BCUT2D eigenvalue weighted by molar-refractivity contribution is 0.0696. The molecule has 2 N–H and O–H groups in total. The van der Waals surface area contributed by atoms with Gasteiger partial charge in [-0.05, 0) is 24.3 Å². The average molecular weight is 236 g/mol. The summed E-state index contributed by atoms with van der Waals surface area (Å²) in [5.41, 5.74) is -0.359. The average Bonchev–Trinajstić information content (AvgIpc) is 2.56. The Morgan fingerprint density at radius 2 is 1.94 bits per heavy atom. The van der Waals surface area contributed by atoms with Crippen molar-refractivity contribution in [2.24, 2.45) is 7.05 Å². The molecular weight excluding hydrogens is 227 g/mol. The molecule has 0 saturated heterocycles. The number of benzene rings is 1. The van der Waals surface area contributed by atoms with Crippen LogP contribution in [0.4, 0.5) is 4.39 Å². The van der Waals surface area contributed by atoms with E-state index in [1.165, 1.54) is 31.3 Å². The van der Waals surface area contributed by atoms with Crippen molar-refractivity contribution in [3.63, 3.8) is 0 Å². The number of aromatic carboxylic acids is 1. The van der Waals surface area contributed by atoms with E-state index in [4.69, 9.17) is 5.11 Å². The Kier molecular flexibility index (Phi) is 2.55. The van der Waals surface area contributed by atoms with Crippen molar-refractivity contribution in [3.8, 4) is 11.3 Å². The van der Waals surface area contributed by atoms with Gasteiger partial charge in [0.05, 0.1) is 5.69 Å². The first-order chi connectivity index (χ1) is 8.00. The van der Waals surface area contributed by atoms with Crippen LogP contribution in [0.1, 0.15) is 10.4 Å². The molecule has 0 amide bonds. The molecule has 2 rings (SSSR count). The highest BCUT2D eigenvalue weighted by Crippen LogP contribution is 2.19. The van der Waals surface area contributed by atoms with E-state index in [1.807, 2.05) is 0 Å². The largest absolute Gasteiger partial charge is 0.477 e. The number of nitrogens with one attached hydrogen (secondary N) is 1. The normalized spacial score (nSPS) is 10.5. The smallest absolute Gasteiger partial charge is 0.343 e. The number of aromatic amines is 1. The van der Waals surface area contributed by atoms with Crippen LogP contribution in [0.2, 0.25) is 0 Å². The Hall–Kier alpha value is -2.37. The summed E-state index contributed by atoms with van der Waals surface area (Å²) in [7, 11) is 1.42. The van der Waals surface area contributed by atoms with Crippen LogP contribution < -0.4 is 5.56 Å². The molecule has 0 aliphatic rings. The molecular formula is C11H9FN2O3. The standard InChI is InChI=1S/C11H9FN2O3/c1-14-10(15)8(11(16)17)9(13-14)6-2-4-7(12)5-3-6/h2-5,13H,1H3,(H,16,17). The predicted octanol–water partition coefficient (Wildman–Crippen LogP) is 1.22. The maximum atomic E-state index is 12.8. The number of rotatable bonds is 2. The molecule has 0 fully saturated rings. The van der Waals surface area contributed by atoms with Gasteiger partial charge in [-0.25, -0.2) is 9.18 Å². The molecule has 0 spiro atoms. The van der Waals surface area contributed by atoms with Crippen molar-refractivity contribution >= 4 is 5.97 Å². The van der Waals surface area contributed by atoms with Gasteiger partial charge in [0.1, 0.15) is 5.82 Å². The summed E-state index contributed by atoms with van der Waals surface area (Å²) >= 11 is 0. The topological polar surface area (TPSA) is 75.1 Å². The number of hydrogen-bond acceptors (Lipinski definition) is 2. The first kappa shape index (κ1) is 11.1. The highest BCUT2D eigenvalue weighted by atomic mass is 19.1. The zero-order chi connectivity index (χ0) is 12.6. The van der Waals surface area contributed by atoms with Gasteiger partial charge in [0.15, 0.2) is 5.56 Å². The van der Waals surface area contributed by atoms with Crippen molar-refractivity contribution < 1.29 is 14.3 Å². The summed E-state index contributed by atoms with van der Waals surface area (Å²) in [6.07, 6.45) is 0. The van der Waals surface area contributed by atoms with Crippen molar-refractivity contribution in [1.29, 1.82) is 0 Å². The first-order valence-electron chi connectivity index (χ1n) is 4.79. The number of carboxylic acid groups (broad SMARTS) is 1. The zero-order valence-corrected chi connectivity index (χ0v) is 8.90. The minimum absolute atomic E-state index is 0.171. The summed E-state index contributed by atoms with van der Waals surface area (Å²) in [4.78, 5) is 22.5. The molecule has 88 valence electrons. The molecule has 0 aliphatic heterocycles. The number of halogens is 1. The van der Waals surface area contributed by atoms with Gasteiger partial charge in [0, 0.05) is 12.6 Å². The first-order valence-corrected chi connectivity index (χ1v) is 4.79. The van der Waals surface area contributed by atoms with Gasteiger partial charge in [-0.2, -0.15) is 0 Å². The maximum Gasteiger partial charge on any atom is 0.343 e. The summed E-state index contributed by atoms with van der Waals surface area (Å²) in [6, 6.07) is 5.22. The van der Waals surface area contributed by atoms with E-state index in [1.54, 1.807) is 0 Å². The third kappa shape index (κ3) is 1.84. The fourth-order valence-electron chi connectivity index (χ4n) is 1.57. The van der Waals surface area contributed by atoms with E-state index >= 15 is 0 Å². The molecule has 0 aliphatic carbocycles. The van der Waals surface area contributed by atoms with E-state index in [2.05, 4.69) is 5.10 Å². The quantitative estimate of drug-likeness (QED) is 0.823. The monoisotopic (exact) mass is 236 g/mol. The molecule has 0 unspecified atom stereocenters. The van der Waals surface area contributed by atoms with Gasteiger partial charge in [0.2, 0.25) is 0 Å². The van der Waals surface area contributed by atoms with E-state index in [9.17, 15) is 14.0 Å². The van der Waals surface area contributed by atoms with Crippen LogP contribution in [0, 0.1) is 5.82 Å². The molecule has 0 atom stereocenters. The Morgan fingerprint density at radius 1 is 1.35 bits per heavy atom. The second kappa shape index (κ2) is 3.89. The Labute approximate surface area is 95.1 Å². The summed E-state index contributed by atoms with van der Waals surface area (Å²) < 4.78 is 13.8. The van der Waals surface area contributed by atoms with Crippen LogP contribution >= 0.6 is 0 Å². The second-order valence-electron chi connectivity index (χ2n) is 3.54. The lowest BCUT2D eigenvalue weighted by atomic mass is 10.1. The minimum Gasteiger partial charge on any atom is -0.477 e. The lowest BCUT2D eigenvalue weighted by Crippen LogP contribution is -2.18. The van der Waals surface area contributed by atoms with Crippen LogP contribution in [0.25, 0.3) is 11.3 Å². The molecule has 0 radical (unpaired) electrons. The Morgan fingerprint density at radius 3 is 2.47 bits per heavy atom. The van der Waals surface area contributed by atoms with Crippen molar-refractivity contribution in [2.45, 2.75) is 0 Å². The molecule has 0 bridgehead atoms. The number of carbonyl (C=O) groups is 1. The SMILES string of the molecule is Cn1[nH]c(-c2ccc(F)cc2)c(C(=O)O)c1=O. The van der Waals surface area contributed by atoms with Crippen molar-refractivity contribution in [3.05, 3.63) is 46.0 Å². The molecule has 2 aromatic rings.